The number of nitrogens with two attached hydrogens (primary N) is 1. The Morgan fingerprint density at radius 2 is 1.34 bits per heavy atom. The first kappa shape index (κ1) is 28.3. The maximum atomic E-state index is 6.79. The Kier molecular flexibility index (Phi) is 11.1. The van der Waals surface area contributed by atoms with Crippen LogP contribution in [0.4, 0.5) is 0 Å². The van der Waals surface area contributed by atoms with Crippen molar-refractivity contribution in [1.82, 2.24) is 0 Å². The average molecular weight is 462 g/mol. The summed E-state index contributed by atoms with van der Waals surface area (Å²) in [4.78, 5) is 0. The van der Waals surface area contributed by atoms with Crippen LogP contribution in [-0.4, -0.2) is 6.61 Å². The molecule has 2 rings (SSSR count). The third kappa shape index (κ3) is 7.15. The van der Waals surface area contributed by atoms with Gasteiger partial charge in [0.05, 0.1) is 6.61 Å². The maximum absolute atomic E-state index is 6.79. The van der Waals surface area contributed by atoms with Crippen LogP contribution in [0.25, 0.3) is 0 Å². The molecule has 0 aromatic heterocycles. The first-order valence-corrected chi connectivity index (χ1v) is 11.9. The van der Waals surface area contributed by atoms with Crippen LogP contribution in [0.1, 0.15) is 83.2 Å². The molecule has 3 nitrogen and oxygen atoms in total. The highest BCUT2D eigenvalue weighted by Gasteiger charge is 2.31. The minimum atomic E-state index is -0.453. The van der Waals surface area contributed by atoms with Crippen LogP contribution >= 0.6 is 12.4 Å². The maximum Gasteiger partial charge on any atom is 0.165 e. The molecule has 32 heavy (non-hydrogen) atoms. The highest BCUT2D eigenvalue weighted by Crippen LogP contribution is 2.46. The van der Waals surface area contributed by atoms with Gasteiger partial charge in [-0.05, 0) is 68.6 Å². The van der Waals surface area contributed by atoms with Crippen molar-refractivity contribution in [3.05, 3.63) is 58.1 Å². The van der Waals surface area contributed by atoms with Gasteiger partial charge in [0.2, 0.25) is 0 Å². The second-order valence-electron chi connectivity index (χ2n) is 9.95. The number of rotatable bonds is 11. The average Bonchev–Trinajstić information content (AvgIpc) is 2.68. The minimum Gasteiger partial charge on any atom is -0.490 e. The fourth-order valence-corrected chi connectivity index (χ4v) is 4.41. The Hall–Kier alpha value is -1.71. The van der Waals surface area contributed by atoms with Crippen molar-refractivity contribution < 1.29 is 9.47 Å². The predicted octanol–water partition coefficient (Wildman–Crippen LogP) is 7.24. The highest BCUT2D eigenvalue weighted by atomic mass is 35.5. The molecular weight excluding hydrogens is 418 g/mol. The van der Waals surface area contributed by atoms with E-state index in [1.807, 2.05) is 13.0 Å². The molecule has 0 saturated carbocycles. The van der Waals surface area contributed by atoms with E-state index < -0.39 is 5.54 Å². The molecule has 2 N–H and O–H groups in total. The SMILES string of the molecule is CCOc1c(CC)c(C(C)(C)N)c(CC(C)C)c(CC(C)C)c1OCc1ccccc1.Cl. The lowest BCUT2D eigenvalue weighted by atomic mass is 9.78. The van der Waals surface area contributed by atoms with Crippen LogP contribution in [-0.2, 0) is 31.4 Å². The van der Waals surface area contributed by atoms with Crippen molar-refractivity contribution in [1.29, 1.82) is 0 Å². The minimum absolute atomic E-state index is 0. The first-order chi connectivity index (χ1) is 14.6. The third-order valence-electron chi connectivity index (χ3n) is 5.46. The quantitative estimate of drug-likeness (QED) is 0.383. The van der Waals surface area contributed by atoms with Crippen LogP contribution in [0, 0.1) is 11.8 Å². The molecule has 0 aliphatic carbocycles. The monoisotopic (exact) mass is 461 g/mol. The van der Waals surface area contributed by atoms with Crippen molar-refractivity contribution in [3.63, 3.8) is 0 Å². The number of hydrogen-bond acceptors (Lipinski definition) is 3. The molecule has 0 bridgehead atoms. The summed E-state index contributed by atoms with van der Waals surface area (Å²) in [6, 6.07) is 10.4. The summed E-state index contributed by atoms with van der Waals surface area (Å²) in [6.45, 7) is 18.7. The predicted molar refractivity (Wildman–Crippen MR) is 139 cm³/mol. The zero-order valence-corrected chi connectivity index (χ0v) is 22.2. The molecule has 0 amide bonds. The smallest absolute Gasteiger partial charge is 0.165 e. The third-order valence-corrected chi connectivity index (χ3v) is 5.46. The topological polar surface area (TPSA) is 44.5 Å². The van der Waals surface area contributed by atoms with Gasteiger partial charge in [0.25, 0.3) is 0 Å². The van der Waals surface area contributed by atoms with Crippen LogP contribution in [0.3, 0.4) is 0 Å². The summed E-state index contributed by atoms with van der Waals surface area (Å²) in [5.74, 6) is 2.83. The van der Waals surface area contributed by atoms with E-state index in [9.17, 15) is 0 Å². The normalized spacial score (nSPS) is 11.6. The molecule has 0 saturated heterocycles. The van der Waals surface area contributed by atoms with Gasteiger partial charge in [0.15, 0.2) is 11.5 Å². The Morgan fingerprint density at radius 1 is 0.812 bits per heavy atom. The molecule has 0 spiro atoms. The largest absolute Gasteiger partial charge is 0.490 e. The molecule has 0 atom stereocenters. The second-order valence-corrected chi connectivity index (χ2v) is 9.95. The van der Waals surface area contributed by atoms with Crippen molar-refractivity contribution in [2.24, 2.45) is 17.6 Å². The van der Waals surface area contributed by atoms with E-state index >= 15 is 0 Å². The molecule has 0 fully saturated rings. The number of ether oxygens (including phenoxy) is 2. The first-order valence-electron chi connectivity index (χ1n) is 11.9. The van der Waals surface area contributed by atoms with Crippen LogP contribution in [0.15, 0.2) is 30.3 Å². The van der Waals surface area contributed by atoms with Crippen molar-refractivity contribution in [2.45, 2.75) is 86.8 Å². The van der Waals surface area contributed by atoms with Crippen LogP contribution in [0.2, 0.25) is 0 Å². The van der Waals surface area contributed by atoms with Gasteiger partial charge in [-0.2, -0.15) is 0 Å². The summed E-state index contributed by atoms with van der Waals surface area (Å²) >= 11 is 0. The molecule has 4 heteroatoms. The van der Waals surface area contributed by atoms with E-state index in [4.69, 9.17) is 15.2 Å². The van der Waals surface area contributed by atoms with E-state index in [0.29, 0.717) is 25.0 Å². The fourth-order valence-electron chi connectivity index (χ4n) is 4.41. The lowest BCUT2D eigenvalue weighted by Gasteiger charge is -2.33. The molecule has 2 aromatic carbocycles. The Morgan fingerprint density at radius 3 is 1.81 bits per heavy atom. The Bertz CT molecular complexity index is 839. The van der Waals surface area contributed by atoms with E-state index in [0.717, 1.165) is 36.3 Å². The van der Waals surface area contributed by atoms with Gasteiger partial charge in [0, 0.05) is 16.7 Å². The van der Waals surface area contributed by atoms with Gasteiger partial charge >= 0.3 is 0 Å². The molecule has 0 aliphatic rings. The van der Waals surface area contributed by atoms with Gasteiger partial charge in [0.1, 0.15) is 6.61 Å². The zero-order chi connectivity index (χ0) is 23.2. The van der Waals surface area contributed by atoms with Crippen LogP contribution in [0.5, 0.6) is 11.5 Å². The molecule has 2 aromatic rings. The number of benzene rings is 2. The van der Waals surface area contributed by atoms with E-state index in [1.165, 1.54) is 22.3 Å². The van der Waals surface area contributed by atoms with E-state index in [-0.39, 0.29) is 12.4 Å². The summed E-state index contributed by atoms with van der Waals surface area (Å²) in [6.07, 6.45) is 2.79. The molecule has 0 unspecified atom stereocenters. The lowest BCUT2D eigenvalue weighted by Crippen LogP contribution is -2.33. The number of halogens is 1. The zero-order valence-electron chi connectivity index (χ0n) is 21.4. The molecule has 0 radical (unpaired) electrons. The molecule has 0 heterocycles. The van der Waals surface area contributed by atoms with Crippen molar-refractivity contribution in [2.75, 3.05) is 6.61 Å². The van der Waals surface area contributed by atoms with Gasteiger partial charge < -0.3 is 15.2 Å². The fraction of sp³-hybridized carbons (Fsp3) is 0.571. The van der Waals surface area contributed by atoms with Gasteiger partial charge in [-0.15, -0.1) is 12.4 Å². The lowest BCUT2D eigenvalue weighted by molar-refractivity contribution is 0.262. The number of hydrogen-bond donors (Lipinski definition) is 1. The summed E-state index contributed by atoms with van der Waals surface area (Å²) in [7, 11) is 0. The molecular formula is C28H44ClNO2. The second kappa shape index (κ2) is 12.5. The summed E-state index contributed by atoms with van der Waals surface area (Å²) < 4.78 is 12.9. The summed E-state index contributed by atoms with van der Waals surface area (Å²) in [5.41, 5.74) is 12.6. The van der Waals surface area contributed by atoms with Crippen molar-refractivity contribution >= 4 is 12.4 Å². The Labute approximate surface area is 202 Å². The molecule has 180 valence electrons. The molecule has 0 aliphatic heterocycles. The van der Waals surface area contributed by atoms with Crippen molar-refractivity contribution in [3.8, 4) is 11.5 Å². The van der Waals surface area contributed by atoms with Gasteiger partial charge in [-0.25, -0.2) is 0 Å². The highest BCUT2D eigenvalue weighted by molar-refractivity contribution is 5.85. The summed E-state index contributed by atoms with van der Waals surface area (Å²) in [5, 5.41) is 0. The van der Waals surface area contributed by atoms with Gasteiger partial charge in [-0.3, -0.25) is 0 Å². The standard InChI is InChI=1S/C28H43NO2.ClH/c1-9-22-25(28(7,8)29)23(16-19(3)4)24(17-20(5)6)27(26(22)30-10-2)31-18-21-14-12-11-13-15-21;/h11-15,19-20H,9-10,16-18,29H2,1-8H3;1H. The van der Waals surface area contributed by atoms with E-state index in [1.54, 1.807) is 0 Å². The van der Waals surface area contributed by atoms with E-state index in [2.05, 4.69) is 72.7 Å². The van der Waals surface area contributed by atoms with Gasteiger partial charge in [-0.1, -0.05) is 65.0 Å². The Balaban J connectivity index is 0.00000512. The van der Waals surface area contributed by atoms with Crippen LogP contribution < -0.4 is 15.2 Å².